The lowest BCUT2D eigenvalue weighted by Gasteiger charge is -2.30. The van der Waals surface area contributed by atoms with Gasteiger partial charge in [0.15, 0.2) is 0 Å². The van der Waals surface area contributed by atoms with Crippen LogP contribution in [0.25, 0.3) is 0 Å². The van der Waals surface area contributed by atoms with Gasteiger partial charge < -0.3 is 16.0 Å². The number of benzene rings is 1. The molecular weight excluding hydrogens is 238 g/mol. The molecule has 5 heteroatoms. The third-order valence-electron chi connectivity index (χ3n) is 3.37. The minimum atomic E-state index is 0.296. The summed E-state index contributed by atoms with van der Waals surface area (Å²) in [6.07, 6.45) is 2.24. The minimum absolute atomic E-state index is 0.296. The monoisotopic (exact) mass is 255 g/mol. The van der Waals surface area contributed by atoms with Gasteiger partial charge in [-0.05, 0) is 24.5 Å². The Kier molecular flexibility index (Phi) is 2.95. The van der Waals surface area contributed by atoms with Gasteiger partial charge in [0.2, 0.25) is 5.95 Å². The van der Waals surface area contributed by atoms with Gasteiger partial charge in [-0.2, -0.15) is 9.97 Å². The maximum Gasteiger partial charge on any atom is 0.223 e. The lowest BCUT2D eigenvalue weighted by molar-refractivity contribution is 0.759. The van der Waals surface area contributed by atoms with Crippen LogP contribution in [0, 0.1) is 0 Å². The second-order valence-electron chi connectivity index (χ2n) is 4.60. The smallest absolute Gasteiger partial charge is 0.223 e. The Labute approximate surface area is 112 Å². The molecular formula is C14H17N5. The fourth-order valence-corrected chi connectivity index (χ4v) is 2.49. The highest BCUT2D eigenvalue weighted by atomic mass is 15.2. The second-order valence-corrected chi connectivity index (χ2v) is 4.60. The molecule has 0 fully saturated rings. The van der Waals surface area contributed by atoms with E-state index in [1.165, 1.54) is 11.3 Å². The maximum absolute atomic E-state index is 5.77. The summed E-state index contributed by atoms with van der Waals surface area (Å²) in [6, 6.07) is 10.4. The van der Waals surface area contributed by atoms with Crippen LogP contribution in [0.2, 0.25) is 0 Å². The van der Waals surface area contributed by atoms with E-state index in [0.717, 1.165) is 31.0 Å². The predicted molar refractivity (Wildman–Crippen MR) is 77.8 cm³/mol. The van der Waals surface area contributed by atoms with Gasteiger partial charge in [-0.1, -0.05) is 18.2 Å². The number of aryl methyl sites for hydroxylation is 1. The van der Waals surface area contributed by atoms with Crippen LogP contribution in [0.1, 0.15) is 12.0 Å². The van der Waals surface area contributed by atoms with Crippen LogP contribution in [0.15, 0.2) is 30.3 Å². The lowest BCUT2D eigenvalue weighted by Crippen LogP contribution is -2.25. The molecule has 98 valence electrons. The molecule has 0 saturated heterocycles. The largest absolute Gasteiger partial charge is 0.373 e. The van der Waals surface area contributed by atoms with Gasteiger partial charge >= 0.3 is 0 Å². The molecule has 0 spiro atoms. The molecule has 0 atom stereocenters. The van der Waals surface area contributed by atoms with E-state index in [1.54, 1.807) is 0 Å². The summed E-state index contributed by atoms with van der Waals surface area (Å²) in [7, 11) is 1.83. The van der Waals surface area contributed by atoms with Gasteiger partial charge in [0.25, 0.3) is 0 Å². The van der Waals surface area contributed by atoms with E-state index in [1.807, 2.05) is 13.1 Å². The first kappa shape index (κ1) is 11.8. The average Bonchev–Trinajstić information content (AvgIpc) is 2.46. The molecule has 5 nitrogen and oxygen atoms in total. The van der Waals surface area contributed by atoms with E-state index < -0.39 is 0 Å². The third-order valence-corrected chi connectivity index (χ3v) is 3.37. The first-order chi connectivity index (χ1) is 9.28. The van der Waals surface area contributed by atoms with Crippen LogP contribution < -0.4 is 16.0 Å². The van der Waals surface area contributed by atoms with Crippen LogP contribution >= 0.6 is 0 Å². The molecule has 0 amide bonds. The van der Waals surface area contributed by atoms with Crippen molar-refractivity contribution in [2.24, 2.45) is 0 Å². The fourth-order valence-electron chi connectivity index (χ4n) is 2.49. The molecule has 1 aromatic carbocycles. The average molecular weight is 255 g/mol. The van der Waals surface area contributed by atoms with E-state index in [2.05, 4.69) is 44.5 Å². The van der Waals surface area contributed by atoms with Gasteiger partial charge in [0.05, 0.1) is 0 Å². The zero-order valence-corrected chi connectivity index (χ0v) is 10.9. The third kappa shape index (κ3) is 2.19. The summed E-state index contributed by atoms with van der Waals surface area (Å²) < 4.78 is 0. The normalized spacial score (nSPS) is 14.1. The van der Waals surface area contributed by atoms with Gasteiger partial charge in [0.1, 0.15) is 11.6 Å². The SMILES string of the molecule is CNc1cc(N2CCCc3ccccc32)nc(N)n1. The zero-order chi connectivity index (χ0) is 13.2. The van der Waals surface area contributed by atoms with Crippen molar-refractivity contribution in [2.75, 3.05) is 29.5 Å². The van der Waals surface area contributed by atoms with Crippen LogP contribution in [0.3, 0.4) is 0 Å². The van der Waals surface area contributed by atoms with Gasteiger partial charge in [0, 0.05) is 25.3 Å². The molecule has 3 N–H and O–H groups in total. The molecule has 19 heavy (non-hydrogen) atoms. The van der Waals surface area contributed by atoms with Crippen LogP contribution in [0.4, 0.5) is 23.3 Å². The molecule has 0 unspecified atom stereocenters. The van der Waals surface area contributed by atoms with Crippen LogP contribution in [0.5, 0.6) is 0 Å². The van der Waals surface area contributed by atoms with Crippen molar-refractivity contribution in [3.05, 3.63) is 35.9 Å². The van der Waals surface area contributed by atoms with Crippen molar-refractivity contribution in [2.45, 2.75) is 12.8 Å². The summed E-state index contributed by atoms with van der Waals surface area (Å²) in [6.45, 7) is 0.955. The quantitative estimate of drug-likeness (QED) is 0.861. The van der Waals surface area contributed by atoms with Crippen molar-refractivity contribution in [3.8, 4) is 0 Å². The van der Waals surface area contributed by atoms with Crippen molar-refractivity contribution >= 4 is 23.3 Å². The number of aromatic nitrogens is 2. The molecule has 1 aliphatic heterocycles. The Hall–Kier alpha value is -2.30. The fraction of sp³-hybridized carbons (Fsp3) is 0.286. The van der Waals surface area contributed by atoms with Crippen molar-refractivity contribution in [1.29, 1.82) is 0 Å². The summed E-state index contributed by atoms with van der Waals surface area (Å²) in [5.41, 5.74) is 8.35. The Bertz CT molecular complexity index is 596. The highest BCUT2D eigenvalue weighted by Gasteiger charge is 2.19. The molecule has 0 saturated carbocycles. The first-order valence-electron chi connectivity index (χ1n) is 6.45. The number of fused-ring (bicyclic) bond motifs is 1. The van der Waals surface area contributed by atoms with Crippen LogP contribution in [-0.4, -0.2) is 23.6 Å². The van der Waals surface area contributed by atoms with Crippen molar-refractivity contribution in [3.63, 3.8) is 0 Å². The molecule has 2 heterocycles. The highest BCUT2D eigenvalue weighted by Crippen LogP contribution is 2.33. The summed E-state index contributed by atoms with van der Waals surface area (Å²) in [5.74, 6) is 1.89. The number of nitrogens with one attached hydrogen (secondary N) is 1. The lowest BCUT2D eigenvalue weighted by atomic mass is 10.0. The molecule has 0 aliphatic carbocycles. The van der Waals surface area contributed by atoms with Crippen molar-refractivity contribution < 1.29 is 0 Å². The zero-order valence-electron chi connectivity index (χ0n) is 10.9. The van der Waals surface area contributed by atoms with E-state index in [4.69, 9.17) is 5.73 Å². The first-order valence-corrected chi connectivity index (χ1v) is 6.45. The van der Waals surface area contributed by atoms with Crippen LogP contribution in [-0.2, 0) is 6.42 Å². The summed E-state index contributed by atoms with van der Waals surface area (Å²) in [5, 5.41) is 3.01. The van der Waals surface area contributed by atoms with E-state index in [0.29, 0.717) is 5.95 Å². The number of nitrogens with two attached hydrogens (primary N) is 1. The Morgan fingerprint density at radius 2 is 2.11 bits per heavy atom. The molecule has 2 aromatic rings. The topological polar surface area (TPSA) is 67.1 Å². The molecule has 1 aromatic heterocycles. The summed E-state index contributed by atoms with van der Waals surface area (Å²) >= 11 is 0. The number of nitrogens with zero attached hydrogens (tertiary/aromatic N) is 3. The van der Waals surface area contributed by atoms with Gasteiger partial charge in [-0.3, -0.25) is 0 Å². The molecule has 0 radical (unpaired) electrons. The number of anilines is 4. The summed E-state index contributed by atoms with van der Waals surface area (Å²) in [4.78, 5) is 10.7. The number of rotatable bonds is 2. The minimum Gasteiger partial charge on any atom is -0.373 e. The number of hydrogen-bond donors (Lipinski definition) is 2. The van der Waals surface area contributed by atoms with Gasteiger partial charge in [-0.15, -0.1) is 0 Å². The predicted octanol–water partition coefficient (Wildman–Crippen LogP) is 2.18. The number of para-hydroxylation sites is 1. The number of hydrogen-bond acceptors (Lipinski definition) is 5. The Morgan fingerprint density at radius 3 is 2.95 bits per heavy atom. The molecule has 3 rings (SSSR count). The molecule has 0 bridgehead atoms. The maximum atomic E-state index is 5.77. The van der Waals surface area contributed by atoms with E-state index in [9.17, 15) is 0 Å². The Morgan fingerprint density at radius 1 is 1.26 bits per heavy atom. The van der Waals surface area contributed by atoms with Gasteiger partial charge in [-0.25, -0.2) is 0 Å². The van der Waals surface area contributed by atoms with E-state index in [-0.39, 0.29) is 0 Å². The highest BCUT2D eigenvalue weighted by molar-refractivity contribution is 5.67. The standard InChI is InChI=1S/C14H17N5/c1-16-12-9-13(18-14(15)17-12)19-8-4-6-10-5-2-3-7-11(10)19/h2-3,5,7,9H,4,6,8H2,1H3,(H3,15,16,17,18). The Balaban J connectivity index is 2.06. The van der Waals surface area contributed by atoms with Crippen molar-refractivity contribution in [1.82, 2.24) is 9.97 Å². The second kappa shape index (κ2) is 4.76. The molecule has 1 aliphatic rings. The number of nitrogen functional groups attached to an aromatic ring is 1. The van der Waals surface area contributed by atoms with E-state index >= 15 is 0 Å².